The van der Waals surface area contributed by atoms with Crippen molar-refractivity contribution < 1.29 is 23.7 Å². The van der Waals surface area contributed by atoms with Crippen LogP contribution in [0.1, 0.15) is 79.6 Å². The van der Waals surface area contributed by atoms with E-state index in [1.165, 1.54) is 11.1 Å². The molecule has 43 heavy (non-hydrogen) atoms. The first-order chi connectivity index (χ1) is 20.3. The molecule has 0 aliphatic carbocycles. The zero-order chi connectivity index (χ0) is 31.6. The highest BCUT2D eigenvalue weighted by Crippen LogP contribution is 2.47. The minimum Gasteiger partial charge on any atom is -0.456 e. The van der Waals surface area contributed by atoms with Crippen LogP contribution in [0.25, 0.3) is 0 Å². The molecule has 2 bridgehead atoms. The largest absolute Gasteiger partial charge is 0.456 e. The summed E-state index contributed by atoms with van der Waals surface area (Å²) < 4.78 is 24.3. The summed E-state index contributed by atoms with van der Waals surface area (Å²) in [6.45, 7) is 21.8. The van der Waals surface area contributed by atoms with Crippen LogP contribution in [-0.2, 0) is 23.7 Å². The molecule has 7 atom stereocenters. The lowest BCUT2D eigenvalue weighted by atomic mass is 9.92. The van der Waals surface area contributed by atoms with Crippen LogP contribution < -0.4 is 0 Å². The van der Waals surface area contributed by atoms with Crippen LogP contribution in [0.5, 0.6) is 0 Å². The molecule has 240 valence electrons. The van der Waals surface area contributed by atoms with E-state index in [1.807, 2.05) is 12.2 Å². The Balaban J connectivity index is 1.90. The fraction of sp³-hybridized carbons (Fsp3) is 0.649. The standard InChI is InChI=1S/C37H58O5Si/c1-27-21-22-40-31(24-27)19-20-34(39-7)35-17-12-16-33(43(8,9)37(4,5)6)26-29(3)23-28(2)25-32-15-10-13-30(41-32)14-11-18-36(38)42-35/h10-13,16,18-21,28,30-35H,3,14-15,17,22-26H2,1-2,4-9H3/b16-12+,18-11-,20-19+/t28-,30-,31+,32-,33?,34-,35-/m0/s1. The molecule has 0 aromatic carbocycles. The molecule has 0 radical (unpaired) electrons. The molecule has 0 aromatic rings. The first-order valence-corrected chi connectivity index (χ1v) is 19.4. The van der Waals surface area contributed by atoms with Gasteiger partial charge in [0.2, 0.25) is 0 Å². The Morgan fingerprint density at radius 1 is 1.07 bits per heavy atom. The molecule has 3 heterocycles. The fourth-order valence-electron chi connectivity index (χ4n) is 6.15. The topological polar surface area (TPSA) is 54.0 Å². The number of ether oxygens (including phenoxy) is 4. The summed E-state index contributed by atoms with van der Waals surface area (Å²) in [6.07, 6.45) is 23.8. The molecule has 0 fully saturated rings. The normalized spacial score (nSPS) is 32.8. The van der Waals surface area contributed by atoms with Crippen molar-refractivity contribution in [1.29, 1.82) is 0 Å². The number of esters is 1. The van der Waals surface area contributed by atoms with E-state index in [0.29, 0.717) is 30.9 Å². The maximum absolute atomic E-state index is 13.1. The summed E-state index contributed by atoms with van der Waals surface area (Å²) in [5.41, 5.74) is 3.06. The first-order valence-electron chi connectivity index (χ1n) is 16.3. The monoisotopic (exact) mass is 610 g/mol. The van der Waals surface area contributed by atoms with E-state index in [2.05, 4.69) is 90.7 Å². The van der Waals surface area contributed by atoms with Gasteiger partial charge in [-0.05, 0) is 61.9 Å². The van der Waals surface area contributed by atoms with Gasteiger partial charge in [-0.25, -0.2) is 4.79 Å². The van der Waals surface area contributed by atoms with Crippen LogP contribution in [0, 0.1) is 5.92 Å². The Morgan fingerprint density at radius 3 is 2.51 bits per heavy atom. The maximum atomic E-state index is 13.1. The molecule has 3 aliphatic rings. The third-order valence-electron chi connectivity index (χ3n) is 9.83. The van der Waals surface area contributed by atoms with Gasteiger partial charge in [-0.15, -0.1) is 0 Å². The summed E-state index contributed by atoms with van der Waals surface area (Å²) >= 11 is 0. The highest BCUT2D eigenvalue weighted by molar-refractivity contribution is 6.82. The lowest BCUT2D eigenvalue weighted by Crippen LogP contribution is -2.41. The molecule has 0 aromatic heterocycles. The van der Waals surface area contributed by atoms with Crippen LogP contribution in [0.3, 0.4) is 0 Å². The van der Waals surface area contributed by atoms with Crippen LogP contribution in [0.2, 0.25) is 23.7 Å². The maximum Gasteiger partial charge on any atom is 0.330 e. The number of allylic oxidation sites excluding steroid dienone is 2. The van der Waals surface area contributed by atoms with Gasteiger partial charge >= 0.3 is 5.97 Å². The molecule has 5 nitrogen and oxygen atoms in total. The zero-order valence-corrected chi connectivity index (χ0v) is 29.1. The van der Waals surface area contributed by atoms with Gasteiger partial charge in [0.25, 0.3) is 0 Å². The van der Waals surface area contributed by atoms with Gasteiger partial charge in [0.05, 0.1) is 33.0 Å². The number of hydrogen-bond donors (Lipinski definition) is 0. The number of hydrogen-bond acceptors (Lipinski definition) is 5. The van der Waals surface area contributed by atoms with Gasteiger partial charge < -0.3 is 18.9 Å². The minimum absolute atomic E-state index is 0.00302. The van der Waals surface area contributed by atoms with Gasteiger partial charge in [-0.3, -0.25) is 0 Å². The predicted octanol–water partition coefficient (Wildman–Crippen LogP) is 9.07. The Hall–Kier alpha value is -1.99. The van der Waals surface area contributed by atoms with E-state index in [1.54, 1.807) is 13.2 Å². The highest BCUT2D eigenvalue weighted by Gasteiger charge is 2.41. The third kappa shape index (κ3) is 11.1. The van der Waals surface area contributed by atoms with E-state index in [0.717, 1.165) is 32.1 Å². The van der Waals surface area contributed by atoms with Crippen molar-refractivity contribution in [2.75, 3.05) is 13.7 Å². The van der Waals surface area contributed by atoms with Crippen LogP contribution in [-0.4, -0.2) is 58.3 Å². The van der Waals surface area contributed by atoms with Crippen molar-refractivity contribution in [2.45, 2.75) is 134 Å². The average molecular weight is 611 g/mol. The predicted molar refractivity (Wildman–Crippen MR) is 181 cm³/mol. The molecule has 0 spiro atoms. The molecule has 3 aliphatic heterocycles. The van der Waals surface area contributed by atoms with Crippen molar-refractivity contribution in [3.05, 3.63) is 72.4 Å². The van der Waals surface area contributed by atoms with Crippen molar-refractivity contribution in [3.63, 3.8) is 0 Å². The Labute approximate surface area is 263 Å². The third-order valence-corrected chi connectivity index (χ3v) is 16.0. The number of rotatable bonds is 5. The van der Waals surface area contributed by atoms with Crippen LogP contribution >= 0.6 is 0 Å². The van der Waals surface area contributed by atoms with E-state index in [-0.39, 0.29) is 29.3 Å². The van der Waals surface area contributed by atoms with Crippen molar-refractivity contribution in [3.8, 4) is 0 Å². The van der Waals surface area contributed by atoms with Gasteiger partial charge in [0, 0.05) is 19.6 Å². The Bertz CT molecular complexity index is 1080. The number of cyclic esters (lactones) is 1. The molecule has 3 rings (SSSR count). The smallest absolute Gasteiger partial charge is 0.330 e. The molecule has 6 heteroatoms. The summed E-state index contributed by atoms with van der Waals surface area (Å²) in [7, 11) is -0.0746. The van der Waals surface area contributed by atoms with E-state index in [9.17, 15) is 4.79 Å². The molecule has 0 N–H and O–H groups in total. The minimum atomic E-state index is -1.75. The molecule has 0 saturated carbocycles. The van der Waals surface area contributed by atoms with Gasteiger partial charge in [-0.1, -0.05) is 107 Å². The fourth-order valence-corrected chi connectivity index (χ4v) is 8.68. The van der Waals surface area contributed by atoms with Crippen molar-refractivity contribution in [2.24, 2.45) is 5.92 Å². The van der Waals surface area contributed by atoms with Crippen molar-refractivity contribution in [1.82, 2.24) is 0 Å². The lowest BCUT2D eigenvalue weighted by molar-refractivity contribution is -0.148. The van der Waals surface area contributed by atoms with Gasteiger partial charge in [0.1, 0.15) is 12.2 Å². The summed E-state index contributed by atoms with van der Waals surface area (Å²) in [6, 6.07) is 0. The van der Waals surface area contributed by atoms with Gasteiger partial charge in [-0.2, -0.15) is 0 Å². The quantitative estimate of drug-likeness (QED) is 0.177. The van der Waals surface area contributed by atoms with Crippen LogP contribution in [0.4, 0.5) is 0 Å². The molecular formula is C37H58O5Si. The summed E-state index contributed by atoms with van der Waals surface area (Å²) in [5.74, 6) is 0.145. The molecule has 0 saturated heterocycles. The SMILES string of the molecule is C=C1CC([Si](C)(C)C(C)(C)C)/C=C/C[C@@H]([C@H](/C=C/[C@@H]2CC(C)=CCO2)OC)OC(=O)/C=C\C[C@@H]2C=CC[C@@H](C[C@@H](C)C1)O2. The lowest BCUT2D eigenvalue weighted by Gasteiger charge is -2.43. The highest BCUT2D eigenvalue weighted by atomic mass is 28.3. The zero-order valence-electron chi connectivity index (χ0n) is 28.1. The molecular weight excluding hydrogens is 552 g/mol. The van der Waals surface area contributed by atoms with E-state index < -0.39 is 20.3 Å². The second-order valence-electron chi connectivity index (χ2n) is 14.5. The molecule has 0 amide bonds. The van der Waals surface area contributed by atoms with Gasteiger partial charge in [0.15, 0.2) is 0 Å². The second kappa shape index (κ2) is 16.4. The number of carbonyl (C=O) groups excluding carboxylic acids is 1. The summed E-state index contributed by atoms with van der Waals surface area (Å²) in [5, 5.41) is 0.225. The van der Waals surface area contributed by atoms with Crippen LogP contribution in [0.15, 0.2) is 72.4 Å². The number of carbonyl (C=O) groups is 1. The van der Waals surface area contributed by atoms with E-state index in [4.69, 9.17) is 18.9 Å². The van der Waals surface area contributed by atoms with E-state index >= 15 is 0 Å². The molecule has 1 unspecified atom stereocenters. The average Bonchev–Trinajstić information content (AvgIpc) is 2.91. The van der Waals surface area contributed by atoms with Crippen molar-refractivity contribution >= 4 is 14.0 Å². The summed E-state index contributed by atoms with van der Waals surface area (Å²) in [4.78, 5) is 13.1. The number of fused-ring (bicyclic) bond motifs is 2. The number of methoxy groups -OCH3 is 1. The Kier molecular flexibility index (Phi) is 13.5. The first kappa shape index (κ1) is 35.5. The Morgan fingerprint density at radius 2 is 1.81 bits per heavy atom. The second-order valence-corrected chi connectivity index (χ2v) is 20.2.